The van der Waals surface area contributed by atoms with Gasteiger partial charge < -0.3 is 34.8 Å². The van der Waals surface area contributed by atoms with Gasteiger partial charge in [0, 0.05) is 19.3 Å². The Morgan fingerprint density at radius 1 is 1.23 bits per heavy atom. The van der Waals surface area contributed by atoms with Gasteiger partial charge in [-0.2, -0.15) is 4.99 Å². The molecular formula is C20H25N7O3. The lowest BCUT2D eigenvalue weighted by molar-refractivity contribution is 0.339. The van der Waals surface area contributed by atoms with Crippen molar-refractivity contribution in [2.24, 2.45) is 4.99 Å². The maximum atomic E-state index is 5.33. The average Bonchev–Trinajstić information content (AvgIpc) is 3.37. The number of ether oxygens (including phenoxy) is 2. The van der Waals surface area contributed by atoms with Gasteiger partial charge in [0.25, 0.3) is 5.88 Å². The average molecular weight is 411 g/mol. The number of nitrogens with one attached hydrogen (secondary N) is 3. The van der Waals surface area contributed by atoms with Gasteiger partial charge in [-0.3, -0.25) is 0 Å². The fraction of sp³-hybridized carbons (Fsp3) is 0.350. The normalized spacial score (nSPS) is 17.4. The molecule has 2 aromatic rings. The van der Waals surface area contributed by atoms with Crippen molar-refractivity contribution < 1.29 is 14.0 Å². The summed E-state index contributed by atoms with van der Waals surface area (Å²) < 4.78 is 15.8. The molecule has 2 aliphatic rings. The van der Waals surface area contributed by atoms with Crippen LogP contribution >= 0.6 is 0 Å². The number of aliphatic imine (C=N–C) groups is 1. The quantitative estimate of drug-likeness (QED) is 0.620. The molecule has 1 atom stereocenters. The Balaban J connectivity index is 1.59. The van der Waals surface area contributed by atoms with Crippen molar-refractivity contribution in [3.8, 4) is 11.6 Å². The van der Waals surface area contributed by atoms with E-state index in [1.807, 2.05) is 38.4 Å². The second-order valence-electron chi connectivity index (χ2n) is 6.83. The van der Waals surface area contributed by atoms with Gasteiger partial charge in [-0.15, -0.1) is 0 Å². The largest absolute Gasteiger partial charge is 0.491 e. The van der Waals surface area contributed by atoms with Gasteiger partial charge in [-0.05, 0) is 25.1 Å². The minimum absolute atomic E-state index is 0.00774. The molecule has 0 fully saturated rings. The van der Waals surface area contributed by atoms with Crippen LogP contribution in [0.15, 0.2) is 51.5 Å². The lowest BCUT2D eigenvalue weighted by Crippen LogP contribution is -2.46. The maximum Gasteiger partial charge on any atom is 0.257 e. The first-order valence-corrected chi connectivity index (χ1v) is 9.57. The van der Waals surface area contributed by atoms with Crippen LogP contribution in [0, 0.1) is 6.92 Å². The monoisotopic (exact) mass is 411 g/mol. The molecule has 4 rings (SSSR count). The van der Waals surface area contributed by atoms with Gasteiger partial charge in [-0.1, -0.05) is 5.16 Å². The van der Waals surface area contributed by atoms with Crippen LogP contribution < -0.4 is 25.4 Å². The molecule has 0 spiro atoms. The summed E-state index contributed by atoms with van der Waals surface area (Å²) >= 11 is 0. The summed E-state index contributed by atoms with van der Waals surface area (Å²) in [4.78, 5) is 11.3. The minimum atomic E-state index is -0.00774. The topological polar surface area (TPSA) is 109 Å². The van der Waals surface area contributed by atoms with Crippen LogP contribution in [0.2, 0.25) is 0 Å². The summed E-state index contributed by atoms with van der Waals surface area (Å²) in [5.74, 6) is 3.28. The lowest BCUT2D eigenvalue weighted by Gasteiger charge is -2.29. The number of hydrogen-bond acceptors (Lipinski definition) is 10. The predicted molar refractivity (Wildman–Crippen MR) is 111 cm³/mol. The molecule has 158 valence electrons. The number of aryl methyl sites for hydroxylation is 1. The molecule has 3 N–H and O–H groups in total. The van der Waals surface area contributed by atoms with Crippen molar-refractivity contribution in [1.29, 1.82) is 0 Å². The van der Waals surface area contributed by atoms with Crippen LogP contribution in [0.4, 0.5) is 0 Å². The highest BCUT2D eigenvalue weighted by Crippen LogP contribution is 2.29. The van der Waals surface area contributed by atoms with Crippen LogP contribution in [-0.4, -0.2) is 48.3 Å². The third-order valence-electron chi connectivity index (χ3n) is 4.80. The Morgan fingerprint density at radius 3 is 2.80 bits per heavy atom. The fourth-order valence-electron chi connectivity index (χ4n) is 3.39. The van der Waals surface area contributed by atoms with Crippen LogP contribution in [-0.2, 0) is 13.1 Å². The van der Waals surface area contributed by atoms with Crippen LogP contribution in [0.3, 0.4) is 0 Å². The molecule has 10 heteroatoms. The predicted octanol–water partition coefficient (Wildman–Crippen LogP) is 1.23. The SMILES string of the molecule is CNC1=NC(NCc2cc(C)on2)=C2C(C=CN2Cc2ccc(OC)c(OC)n2)N1. The molecule has 0 aromatic carbocycles. The minimum Gasteiger partial charge on any atom is -0.491 e. The van der Waals surface area contributed by atoms with Crippen molar-refractivity contribution >= 4 is 5.96 Å². The summed E-state index contributed by atoms with van der Waals surface area (Å²) in [5.41, 5.74) is 2.67. The van der Waals surface area contributed by atoms with E-state index in [9.17, 15) is 0 Å². The number of rotatable bonds is 7. The first kappa shape index (κ1) is 19.6. The first-order valence-electron chi connectivity index (χ1n) is 9.57. The summed E-state index contributed by atoms with van der Waals surface area (Å²) in [6, 6.07) is 5.67. The van der Waals surface area contributed by atoms with Gasteiger partial charge in [0.2, 0.25) is 0 Å². The molecule has 0 aliphatic carbocycles. The molecular weight excluding hydrogens is 386 g/mol. The van der Waals surface area contributed by atoms with Gasteiger partial charge in [0.05, 0.1) is 44.7 Å². The molecule has 0 bridgehead atoms. The third kappa shape index (κ3) is 3.88. The molecule has 10 nitrogen and oxygen atoms in total. The van der Waals surface area contributed by atoms with Crippen molar-refractivity contribution in [1.82, 2.24) is 31.0 Å². The van der Waals surface area contributed by atoms with Crippen LogP contribution in [0.5, 0.6) is 11.6 Å². The van der Waals surface area contributed by atoms with Gasteiger partial charge in [-0.25, -0.2) is 4.98 Å². The zero-order valence-corrected chi connectivity index (χ0v) is 17.4. The number of guanidine groups is 1. The van der Waals surface area contributed by atoms with Crippen molar-refractivity contribution in [2.45, 2.75) is 26.1 Å². The van der Waals surface area contributed by atoms with E-state index in [-0.39, 0.29) is 6.04 Å². The highest BCUT2D eigenvalue weighted by molar-refractivity contribution is 5.83. The number of pyridine rings is 1. The second-order valence-corrected chi connectivity index (χ2v) is 6.83. The van der Waals surface area contributed by atoms with E-state index in [0.29, 0.717) is 30.7 Å². The Bertz CT molecular complexity index is 1010. The lowest BCUT2D eigenvalue weighted by atomic mass is 10.2. The van der Waals surface area contributed by atoms with Crippen LogP contribution in [0.1, 0.15) is 17.1 Å². The van der Waals surface area contributed by atoms with Gasteiger partial charge in [0.1, 0.15) is 11.5 Å². The number of fused-ring (bicyclic) bond motifs is 1. The first-order chi connectivity index (χ1) is 14.6. The van der Waals surface area contributed by atoms with E-state index in [2.05, 4.69) is 42.1 Å². The number of hydrogen-bond donors (Lipinski definition) is 3. The van der Waals surface area contributed by atoms with Crippen molar-refractivity contribution in [2.75, 3.05) is 21.3 Å². The molecule has 30 heavy (non-hydrogen) atoms. The standard InChI is InChI=1S/C20H25N7O3/c1-12-9-14(26-30-12)10-22-18-17-15(24-20(21-2)25-18)7-8-27(17)11-13-5-6-16(28-3)19(23-13)29-4/h5-9,15,22H,10-11H2,1-4H3,(H2,21,24,25). The fourth-order valence-corrected chi connectivity index (χ4v) is 3.39. The molecule has 0 saturated heterocycles. The highest BCUT2D eigenvalue weighted by Gasteiger charge is 2.31. The summed E-state index contributed by atoms with van der Waals surface area (Å²) in [5, 5.41) is 13.9. The zero-order chi connectivity index (χ0) is 21.1. The van der Waals surface area contributed by atoms with Crippen molar-refractivity contribution in [3.05, 3.63) is 59.1 Å². The van der Waals surface area contributed by atoms with Crippen LogP contribution in [0.25, 0.3) is 0 Å². The van der Waals surface area contributed by atoms with E-state index in [4.69, 9.17) is 14.0 Å². The second kappa shape index (κ2) is 8.36. The molecule has 2 aliphatic heterocycles. The highest BCUT2D eigenvalue weighted by atomic mass is 16.5. The van der Waals surface area contributed by atoms with E-state index in [0.717, 1.165) is 28.7 Å². The Labute approximate surface area is 174 Å². The summed E-state index contributed by atoms with van der Waals surface area (Å²) in [6.07, 6.45) is 4.12. The molecule has 1 unspecified atom stereocenters. The Hall–Kier alpha value is -3.69. The molecule has 2 aromatic heterocycles. The Morgan fingerprint density at radius 2 is 2.10 bits per heavy atom. The maximum absolute atomic E-state index is 5.33. The molecule has 0 radical (unpaired) electrons. The number of aromatic nitrogens is 2. The molecule has 0 saturated carbocycles. The van der Waals surface area contributed by atoms with Crippen molar-refractivity contribution in [3.63, 3.8) is 0 Å². The van der Waals surface area contributed by atoms with Gasteiger partial charge in [0.15, 0.2) is 17.5 Å². The Kier molecular flexibility index (Phi) is 5.46. The van der Waals surface area contributed by atoms with E-state index in [1.54, 1.807) is 14.2 Å². The third-order valence-corrected chi connectivity index (χ3v) is 4.80. The zero-order valence-electron chi connectivity index (χ0n) is 17.4. The van der Waals surface area contributed by atoms with E-state index in [1.165, 1.54) is 0 Å². The smallest absolute Gasteiger partial charge is 0.257 e. The summed E-state index contributed by atoms with van der Waals surface area (Å²) in [6.45, 7) is 2.93. The number of methoxy groups -OCH3 is 2. The molecule has 0 amide bonds. The number of nitrogens with zero attached hydrogens (tertiary/aromatic N) is 4. The summed E-state index contributed by atoms with van der Waals surface area (Å²) in [7, 11) is 5.01. The molecule has 4 heterocycles. The van der Waals surface area contributed by atoms with E-state index >= 15 is 0 Å². The van der Waals surface area contributed by atoms with Gasteiger partial charge >= 0.3 is 0 Å². The van der Waals surface area contributed by atoms with E-state index < -0.39 is 0 Å².